The first-order valence-electron chi connectivity index (χ1n) is 9.89. The number of benzene rings is 1. The highest BCUT2D eigenvalue weighted by Gasteiger charge is 2.33. The van der Waals surface area contributed by atoms with Crippen LogP contribution >= 0.6 is 11.6 Å². The Hall–Kier alpha value is -2.62. The molecule has 3 rings (SSSR count). The number of aryl methyl sites for hydroxylation is 1. The van der Waals surface area contributed by atoms with Crippen LogP contribution in [0.15, 0.2) is 18.2 Å². The summed E-state index contributed by atoms with van der Waals surface area (Å²) < 4.78 is 38.8. The van der Waals surface area contributed by atoms with E-state index in [1.165, 1.54) is 12.1 Å². The van der Waals surface area contributed by atoms with Crippen molar-refractivity contribution in [2.45, 2.75) is 51.7 Å². The second-order valence-electron chi connectivity index (χ2n) is 7.17. The van der Waals surface area contributed by atoms with Crippen molar-refractivity contribution < 1.29 is 18.0 Å². The average molecular weight is 459 g/mol. The van der Waals surface area contributed by atoms with Crippen molar-refractivity contribution >= 4 is 29.4 Å². The van der Waals surface area contributed by atoms with Crippen LogP contribution < -0.4 is 16.4 Å². The lowest BCUT2D eigenvalue weighted by Gasteiger charge is -2.21. The molecule has 170 valence electrons. The SMILES string of the molecule is CNc1nc(C)nc(N)n1.O=C(NCc1ccc(Cl)cc1C(F)(F)F)C1CCCCC1. The van der Waals surface area contributed by atoms with Crippen LogP contribution in [-0.4, -0.2) is 27.9 Å². The minimum atomic E-state index is -4.48. The molecule has 1 aromatic carbocycles. The molecule has 0 spiro atoms. The lowest BCUT2D eigenvalue weighted by molar-refractivity contribution is -0.138. The van der Waals surface area contributed by atoms with Gasteiger partial charge in [0.1, 0.15) is 5.82 Å². The van der Waals surface area contributed by atoms with Crippen LogP contribution in [0.5, 0.6) is 0 Å². The molecule has 0 saturated heterocycles. The molecule has 1 amide bonds. The Kier molecular flexibility index (Phi) is 8.85. The summed E-state index contributed by atoms with van der Waals surface area (Å²) in [6, 6.07) is 3.61. The zero-order valence-corrected chi connectivity index (χ0v) is 18.1. The molecule has 1 aromatic heterocycles. The van der Waals surface area contributed by atoms with Gasteiger partial charge in [0.05, 0.1) is 5.56 Å². The number of nitrogens with one attached hydrogen (secondary N) is 2. The first-order chi connectivity index (χ1) is 14.6. The normalized spacial score (nSPS) is 14.4. The summed E-state index contributed by atoms with van der Waals surface area (Å²) in [6.45, 7) is 1.64. The quantitative estimate of drug-likeness (QED) is 0.628. The van der Waals surface area contributed by atoms with Crippen molar-refractivity contribution in [3.8, 4) is 0 Å². The van der Waals surface area contributed by atoms with Crippen LogP contribution in [-0.2, 0) is 17.5 Å². The first kappa shape index (κ1) is 24.6. The van der Waals surface area contributed by atoms with Crippen LogP contribution in [0.3, 0.4) is 0 Å². The number of aromatic nitrogens is 3. The van der Waals surface area contributed by atoms with E-state index in [1.54, 1.807) is 14.0 Å². The van der Waals surface area contributed by atoms with Crippen molar-refractivity contribution in [1.82, 2.24) is 20.3 Å². The number of hydrogen-bond donors (Lipinski definition) is 3. The zero-order valence-electron chi connectivity index (χ0n) is 17.4. The van der Waals surface area contributed by atoms with E-state index in [-0.39, 0.29) is 34.9 Å². The molecule has 0 aliphatic heterocycles. The second kappa shape index (κ2) is 11.1. The third kappa shape index (κ3) is 7.86. The smallest absolute Gasteiger partial charge is 0.368 e. The molecule has 1 heterocycles. The summed E-state index contributed by atoms with van der Waals surface area (Å²) in [6.07, 6.45) is 0.297. The number of carbonyl (C=O) groups is 1. The maximum Gasteiger partial charge on any atom is 0.416 e. The topological polar surface area (TPSA) is 106 Å². The van der Waals surface area contributed by atoms with E-state index in [9.17, 15) is 18.0 Å². The maximum atomic E-state index is 12.9. The molecule has 7 nitrogen and oxygen atoms in total. The van der Waals surface area contributed by atoms with Crippen LogP contribution in [0, 0.1) is 12.8 Å². The fraction of sp³-hybridized carbons (Fsp3) is 0.500. The number of nitrogens with zero attached hydrogens (tertiary/aromatic N) is 3. The van der Waals surface area contributed by atoms with Crippen LogP contribution in [0.2, 0.25) is 5.02 Å². The minimum Gasteiger partial charge on any atom is -0.368 e. The van der Waals surface area contributed by atoms with Crippen molar-refractivity contribution in [3.63, 3.8) is 0 Å². The van der Waals surface area contributed by atoms with Gasteiger partial charge in [-0.3, -0.25) is 4.79 Å². The van der Waals surface area contributed by atoms with Crippen molar-refractivity contribution in [1.29, 1.82) is 0 Å². The van der Waals surface area contributed by atoms with Gasteiger partial charge < -0.3 is 16.4 Å². The van der Waals surface area contributed by atoms with Gasteiger partial charge in [-0.1, -0.05) is 36.9 Å². The number of nitrogens with two attached hydrogens (primary N) is 1. The molecule has 0 radical (unpaired) electrons. The van der Waals surface area contributed by atoms with Gasteiger partial charge in [0.2, 0.25) is 17.8 Å². The fourth-order valence-corrected chi connectivity index (χ4v) is 3.44. The van der Waals surface area contributed by atoms with E-state index >= 15 is 0 Å². The number of alkyl halides is 3. The lowest BCUT2D eigenvalue weighted by atomic mass is 9.88. The first-order valence-corrected chi connectivity index (χ1v) is 10.3. The molecule has 1 aliphatic rings. The van der Waals surface area contributed by atoms with Crippen LogP contribution in [0.4, 0.5) is 25.1 Å². The number of rotatable bonds is 4. The van der Waals surface area contributed by atoms with Gasteiger partial charge in [0, 0.05) is 24.5 Å². The summed E-state index contributed by atoms with van der Waals surface area (Å²) in [5, 5.41) is 5.42. The van der Waals surface area contributed by atoms with E-state index in [0.29, 0.717) is 11.8 Å². The van der Waals surface area contributed by atoms with Gasteiger partial charge >= 0.3 is 6.18 Å². The molecule has 0 unspecified atom stereocenters. The molecule has 1 aliphatic carbocycles. The summed E-state index contributed by atoms with van der Waals surface area (Å²) >= 11 is 5.62. The Morgan fingerprint density at radius 2 is 1.87 bits per heavy atom. The van der Waals surface area contributed by atoms with Gasteiger partial charge in [0.15, 0.2) is 0 Å². The highest BCUT2D eigenvalue weighted by atomic mass is 35.5. The summed E-state index contributed by atoms with van der Waals surface area (Å²) in [5.74, 6) is 1.15. The maximum absolute atomic E-state index is 12.9. The van der Waals surface area contributed by atoms with E-state index < -0.39 is 11.7 Å². The summed E-state index contributed by atoms with van der Waals surface area (Å²) in [5.41, 5.74) is 4.58. The molecule has 31 heavy (non-hydrogen) atoms. The van der Waals surface area contributed by atoms with E-state index in [0.717, 1.165) is 38.2 Å². The molecule has 4 N–H and O–H groups in total. The molecule has 1 saturated carbocycles. The average Bonchev–Trinajstić information content (AvgIpc) is 2.72. The molecular weight excluding hydrogens is 433 g/mol. The highest BCUT2D eigenvalue weighted by molar-refractivity contribution is 6.30. The molecule has 2 aromatic rings. The van der Waals surface area contributed by atoms with Gasteiger partial charge in [-0.25, -0.2) is 0 Å². The van der Waals surface area contributed by atoms with Crippen molar-refractivity contribution in [3.05, 3.63) is 40.2 Å². The van der Waals surface area contributed by atoms with Crippen LogP contribution in [0.25, 0.3) is 0 Å². The number of hydrogen-bond acceptors (Lipinski definition) is 6. The summed E-state index contributed by atoms with van der Waals surface area (Å²) in [4.78, 5) is 23.5. The lowest BCUT2D eigenvalue weighted by Crippen LogP contribution is -2.32. The Morgan fingerprint density at radius 3 is 2.45 bits per heavy atom. The highest BCUT2D eigenvalue weighted by Crippen LogP contribution is 2.34. The van der Waals surface area contributed by atoms with E-state index in [1.807, 2.05) is 0 Å². The Labute approximate surface area is 184 Å². The van der Waals surface area contributed by atoms with Crippen LogP contribution in [0.1, 0.15) is 49.1 Å². The number of anilines is 2. The van der Waals surface area contributed by atoms with Gasteiger partial charge in [-0.2, -0.15) is 28.1 Å². The van der Waals surface area contributed by atoms with Gasteiger partial charge in [-0.15, -0.1) is 0 Å². The molecule has 1 fully saturated rings. The third-order valence-corrected chi connectivity index (χ3v) is 5.03. The van der Waals surface area contributed by atoms with Crippen molar-refractivity contribution in [2.75, 3.05) is 18.1 Å². The predicted octanol–water partition coefficient (Wildman–Crippen LogP) is 4.36. The fourth-order valence-electron chi connectivity index (χ4n) is 3.27. The molecule has 11 heteroatoms. The van der Waals surface area contributed by atoms with Gasteiger partial charge in [0.25, 0.3) is 0 Å². The second-order valence-corrected chi connectivity index (χ2v) is 7.60. The van der Waals surface area contributed by atoms with E-state index in [2.05, 4.69) is 25.6 Å². The minimum absolute atomic E-state index is 0.0321. The molecule has 0 bridgehead atoms. The zero-order chi connectivity index (χ0) is 23.0. The van der Waals surface area contributed by atoms with E-state index in [4.69, 9.17) is 17.3 Å². The number of amides is 1. The van der Waals surface area contributed by atoms with Crippen molar-refractivity contribution in [2.24, 2.45) is 5.92 Å². The standard InChI is InChI=1S/C15H17ClF3NO.C5H9N5/c16-12-7-6-11(13(8-12)15(17,18)19)9-20-14(21)10-4-2-1-3-5-10;1-3-8-4(6)10-5(7-2)9-3/h6-8,10H,1-5,9H2,(H,20,21);1-2H3,(H3,6,7,8,9,10). The number of carbonyl (C=O) groups excluding carboxylic acids is 1. The van der Waals surface area contributed by atoms with Gasteiger partial charge in [-0.05, 0) is 37.5 Å². The Balaban J connectivity index is 0.000000285. The largest absolute Gasteiger partial charge is 0.416 e. The number of nitrogen functional groups attached to an aromatic ring is 1. The summed E-state index contributed by atoms with van der Waals surface area (Å²) in [7, 11) is 1.73. The third-order valence-electron chi connectivity index (χ3n) is 4.79. The molecular formula is C20H26ClF3N6O. The predicted molar refractivity (Wildman–Crippen MR) is 113 cm³/mol. The monoisotopic (exact) mass is 458 g/mol. The molecule has 0 atom stereocenters. The number of halogens is 4. The Bertz CT molecular complexity index is 867. The Morgan fingerprint density at radius 1 is 1.19 bits per heavy atom.